The van der Waals surface area contributed by atoms with Crippen LogP contribution in [0.2, 0.25) is 5.02 Å². The van der Waals surface area contributed by atoms with Crippen LogP contribution in [0.15, 0.2) is 90.0 Å². The number of anilines is 1. The number of fused-ring (bicyclic) bond motifs is 1. The van der Waals surface area contributed by atoms with Crippen LogP contribution in [0, 0.1) is 0 Å². The van der Waals surface area contributed by atoms with Gasteiger partial charge in [0, 0.05) is 5.56 Å². The molecule has 37 heavy (non-hydrogen) atoms. The third-order valence-corrected chi connectivity index (χ3v) is 7.66. The first-order chi connectivity index (χ1) is 18.1. The van der Waals surface area contributed by atoms with E-state index in [-0.39, 0.29) is 11.2 Å². The number of hydrogen-bond donors (Lipinski definition) is 1. The zero-order valence-electron chi connectivity index (χ0n) is 20.6. The van der Waals surface area contributed by atoms with Crippen LogP contribution in [0.25, 0.3) is 28.1 Å². The Kier molecular flexibility index (Phi) is 7.53. The summed E-state index contributed by atoms with van der Waals surface area (Å²) in [7, 11) is 0. The Labute approximate surface area is 225 Å². The van der Waals surface area contributed by atoms with Crippen LogP contribution in [-0.2, 0) is 11.2 Å². The van der Waals surface area contributed by atoms with Crippen LogP contribution >= 0.6 is 23.4 Å². The number of hydrogen-bond acceptors (Lipinski definition) is 5. The minimum atomic E-state index is -0.386. The smallest absolute Gasteiger partial charge is 0.237 e. The molecule has 1 N–H and O–H groups in total. The lowest BCUT2D eigenvalue weighted by Gasteiger charge is -2.16. The van der Waals surface area contributed by atoms with Crippen molar-refractivity contribution in [3.63, 3.8) is 0 Å². The van der Waals surface area contributed by atoms with Crippen molar-refractivity contribution in [2.45, 2.75) is 37.0 Å². The topological polar surface area (TPSA) is 72.7 Å². The van der Waals surface area contributed by atoms with Gasteiger partial charge in [-0.2, -0.15) is 5.10 Å². The van der Waals surface area contributed by atoms with Gasteiger partial charge in [-0.15, -0.1) is 0 Å². The number of aryl methyl sites for hydroxylation is 1. The number of carbonyl (C=O) groups is 1. The van der Waals surface area contributed by atoms with Crippen molar-refractivity contribution in [2.24, 2.45) is 0 Å². The summed E-state index contributed by atoms with van der Waals surface area (Å²) in [6, 6.07) is 27.1. The minimum Gasteiger partial charge on any atom is -0.324 e. The molecule has 1 atom stereocenters. The lowest BCUT2D eigenvalue weighted by Crippen LogP contribution is -2.25. The highest BCUT2D eigenvalue weighted by Crippen LogP contribution is 2.36. The summed E-state index contributed by atoms with van der Waals surface area (Å²) in [4.78, 5) is 23.3. The highest BCUT2D eigenvalue weighted by molar-refractivity contribution is 8.00. The number of aromatic nitrogens is 4. The molecule has 0 aliphatic heterocycles. The van der Waals surface area contributed by atoms with Crippen molar-refractivity contribution in [1.82, 2.24) is 19.7 Å². The molecule has 1 unspecified atom stereocenters. The number of nitrogens with one attached hydrogen (secondary N) is 1. The normalized spacial score (nSPS) is 12.0. The standard InChI is InChI=1S/C29H26ClN5OS/c1-3-22-25-27(35(34-22)20-15-9-6-10-16-20)32-26(19-13-7-5-8-14-19)33-29(25)37-24(4-2)28(36)31-23-18-12-11-17-21(23)30/h5-18,24H,3-4H2,1-2H3,(H,31,36). The maximum absolute atomic E-state index is 13.3. The fraction of sp³-hybridized carbons (Fsp3) is 0.172. The van der Waals surface area contributed by atoms with E-state index in [1.807, 2.05) is 84.4 Å². The monoisotopic (exact) mass is 527 g/mol. The summed E-state index contributed by atoms with van der Waals surface area (Å²) < 4.78 is 1.87. The van der Waals surface area contributed by atoms with Crippen molar-refractivity contribution in [1.29, 1.82) is 0 Å². The highest BCUT2D eigenvalue weighted by Gasteiger charge is 2.25. The van der Waals surface area contributed by atoms with Crippen molar-refractivity contribution in [3.8, 4) is 17.1 Å². The maximum atomic E-state index is 13.3. The van der Waals surface area contributed by atoms with E-state index in [2.05, 4.69) is 12.2 Å². The quantitative estimate of drug-likeness (QED) is 0.170. The molecule has 1 amide bonds. The Morgan fingerprint density at radius 3 is 2.30 bits per heavy atom. The lowest BCUT2D eigenvalue weighted by molar-refractivity contribution is -0.115. The molecule has 5 rings (SSSR count). The first kappa shape index (κ1) is 25.0. The zero-order chi connectivity index (χ0) is 25.8. The first-order valence-corrected chi connectivity index (χ1v) is 13.5. The van der Waals surface area contributed by atoms with E-state index >= 15 is 0 Å². The fourth-order valence-electron chi connectivity index (χ4n) is 4.08. The average molecular weight is 528 g/mol. The van der Waals surface area contributed by atoms with Gasteiger partial charge in [0.1, 0.15) is 5.03 Å². The molecule has 0 fully saturated rings. The Morgan fingerprint density at radius 2 is 1.62 bits per heavy atom. The van der Waals surface area contributed by atoms with Crippen LogP contribution in [0.4, 0.5) is 5.69 Å². The first-order valence-electron chi connectivity index (χ1n) is 12.2. The fourth-order valence-corrected chi connectivity index (χ4v) is 5.34. The van der Waals surface area contributed by atoms with Crippen LogP contribution in [0.1, 0.15) is 26.0 Å². The maximum Gasteiger partial charge on any atom is 0.237 e. The summed E-state index contributed by atoms with van der Waals surface area (Å²) in [6.07, 6.45) is 1.32. The van der Waals surface area contributed by atoms with Gasteiger partial charge in [0.05, 0.1) is 32.7 Å². The summed E-state index contributed by atoms with van der Waals surface area (Å²) >= 11 is 7.73. The van der Waals surface area contributed by atoms with E-state index in [0.29, 0.717) is 29.4 Å². The molecule has 0 aliphatic rings. The SMILES string of the molecule is CCc1nn(-c2ccccc2)c2nc(-c3ccccc3)nc(SC(CC)C(=O)Nc3ccccc3Cl)c12. The third kappa shape index (κ3) is 5.24. The Morgan fingerprint density at radius 1 is 0.946 bits per heavy atom. The Bertz CT molecular complexity index is 1540. The number of nitrogens with zero attached hydrogens (tertiary/aromatic N) is 4. The van der Waals surface area contributed by atoms with Gasteiger partial charge in [-0.05, 0) is 37.1 Å². The summed E-state index contributed by atoms with van der Waals surface area (Å²) in [6.45, 7) is 4.06. The highest BCUT2D eigenvalue weighted by atomic mass is 35.5. The van der Waals surface area contributed by atoms with Gasteiger partial charge in [0.15, 0.2) is 11.5 Å². The molecule has 5 aromatic rings. The molecule has 6 nitrogen and oxygen atoms in total. The molecular weight excluding hydrogens is 502 g/mol. The van der Waals surface area contributed by atoms with E-state index in [9.17, 15) is 4.79 Å². The summed E-state index contributed by atoms with van der Waals surface area (Å²) in [5, 5.41) is 9.63. The zero-order valence-corrected chi connectivity index (χ0v) is 22.1. The lowest BCUT2D eigenvalue weighted by atomic mass is 10.2. The van der Waals surface area contributed by atoms with E-state index in [1.54, 1.807) is 12.1 Å². The second-order valence-electron chi connectivity index (χ2n) is 8.45. The Hall–Kier alpha value is -3.68. The number of benzene rings is 3. The minimum absolute atomic E-state index is 0.123. The van der Waals surface area contributed by atoms with E-state index in [1.165, 1.54) is 11.8 Å². The second-order valence-corrected chi connectivity index (χ2v) is 10.0. The second kappa shape index (κ2) is 11.2. The summed E-state index contributed by atoms with van der Waals surface area (Å²) in [5.41, 5.74) is 4.03. The molecule has 186 valence electrons. The predicted molar refractivity (Wildman–Crippen MR) is 151 cm³/mol. The number of amides is 1. The van der Waals surface area contributed by atoms with Gasteiger partial charge in [0.2, 0.25) is 5.91 Å². The van der Waals surface area contributed by atoms with Crippen LogP contribution in [0.3, 0.4) is 0 Å². The van der Waals surface area contributed by atoms with Crippen molar-refractivity contribution in [3.05, 3.63) is 95.6 Å². The number of halogens is 1. The third-order valence-electron chi connectivity index (χ3n) is 5.98. The number of para-hydroxylation sites is 2. The molecular formula is C29H26ClN5OS. The average Bonchev–Trinajstić information content (AvgIpc) is 3.33. The molecule has 0 spiro atoms. The molecule has 0 radical (unpaired) electrons. The molecule has 8 heteroatoms. The Balaban J connectivity index is 1.62. The van der Waals surface area contributed by atoms with Gasteiger partial charge in [-0.1, -0.05) is 97.9 Å². The van der Waals surface area contributed by atoms with Crippen LogP contribution < -0.4 is 5.32 Å². The van der Waals surface area contributed by atoms with Crippen molar-refractivity contribution in [2.75, 3.05) is 5.32 Å². The molecule has 0 bridgehead atoms. The largest absolute Gasteiger partial charge is 0.324 e. The van der Waals surface area contributed by atoms with E-state index in [0.717, 1.165) is 33.0 Å². The molecule has 0 aliphatic carbocycles. The molecule has 0 saturated heterocycles. The van der Waals surface area contributed by atoms with Crippen molar-refractivity contribution >= 4 is 46.0 Å². The van der Waals surface area contributed by atoms with Crippen LogP contribution in [0.5, 0.6) is 0 Å². The van der Waals surface area contributed by atoms with Crippen molar-refractivity contribution < 1.29 is 4.79 Å². The number of carbonyl (C=O) groups excluding carboxylic acids is 1. The molecule has 2 aromatic heterocycles. The van der Waals surface area contributed by atoms with Gasteiger partial charge < -0.3 is 5.32 Å². The van der Waals surface area contributed by atoms with Gasteiger partial charge in [-0.3, -0.25) is 4.79 Å². The summed E-state index contributed by atoms with van der Waals surface area (Å²) in [5.74, 6) is 0.471. The molecule has 2 heterocycles. The molecule has 0 saturated carbocycles. The molecule has 3 aromatic carbocycles. The van der Waals surface area contributed by atoms with Gasteiger partial charge in [0.25, 0.3) is 0 Å². The predicted octanol–water partition coefficient (Wildman–Crippen LogP) is 7.21. The number of thioether (sulfide) groups is 1. The number of rotatable bonds is 8. The van der Waals surface area contributed by atoms with Gasteiger partial charge in [-0.25, -0.2) is 14.6 Å². The van der Waals surface area contributed by atoms with Gasteiger partial charge >= 0.3 is 0 Å². The van der Waals surface area contributed by atoms with Crippen LogP contribution in [-0.4, -0.2) is 30.9 Å². The van der Waals surface area contributed by atoms with E-state index in [4.69, 9.17) is 26.7 Å². The van der Waals surface area contributed by atoms with E-state index < -0.39 is 0 Å².